The molecule has 19 heavy (non-hydrogen) atoms. The molecule has 0 saturated carbocycles. The van der Waals surface area contributed by atoms with Crippen molar-refractivity contribution in [3.63, 3.8) is 0 Å². The van der Waals surface area contributed by atoms with Gasteiger partial charge < -0.3 is 11.1 Å². The molecule has 0 aliphatic rings. The highest BCUT2D eigenvalue weighted by Crippen LogP contribution is 2.22. The lowest BCUT2D eigenvalue weighted by Crippen LogP contribution is -2.21. The molecule has 1 unspecified atom stereocenters. The van der Waals surface area contributed by atoms with Crippen molar-refractivity contribution in [1.82, 2.24) is 15.3 Å². The second-order valence-electron chi connectivity index (χ2n) is 4.81. The highest BCUT2D eigenvalue weighted by atomic mass is 14.9. The van der Waals surface area contributed by atoms with Crippen molar-refractivity contribution >= 4 is 5.82 Å². The molecule has 0 saturated heterocycles. The molecule has 2 aromatic heterocycles. The van der Waals surface area contributed by atoms with Crippen LogP contribution in [0.2, 0.25) is 0 Å². The van der Waals surface area contributed by atoms with Crippen LogP contribution in [0.4, 0.5) is 5.82 Å². The average Bonchev–Trinajstić information content (AvgIpc) is 2.39. The van der Waals surface area contributed by atoms with Gasteiger partial charge in [0, 0.05) is 12.4 Å². The van der Waals surface area contributed by atoms with Gasteiger partial charge >= 0.3 is 0 Å². The maximum Gasteiger partial charge on any atom is 0.126 e. The van der Waals surface area contributed by atoms with E-state index in [1.165, 1.54) is 11.1 Å². The highest BCUT2D eigenvalue weighted by Gasteiger charge is 2.15. The van der Waals surface area contributed by atoms with E-state index in [0.717, 1.165) is 17.7 Å². The molecule has 4 nitrogen and oxygen atoms in total. The van der Waals surface area contributed by atoms with Gasteiger partial charge in [-0.1, -0.05) is 12.1 Å². The van der Waals surface area contributed by atoms with Crippen molar-refractivity contribution in [3.05, 3.63) is 53.0 Å². The van der Waals surface area contributed by atoms with Crippen LogP contribution in [0.15, 0.2) is 30.6 Å². The summed E-state index contributed by atoms with van der Waals surface area (Å²) in [4.78, 5) is 8.68. The number of hydrogen-bond donors (Lipinski definition) is 2. The Morgan fingerprint density at radius 1 is 1.32 bits per heavy atom. The number of nitrogen functional groups attached to an aromatic ring is 1. The van der Waals surface area contributed by atoms with Crippen LogP contribution in [0.3, 0.4) is 0 Å². The summed E-state index contributed by atoms with van der Waals surface area (Å²) in [5.41, 5.74) is 10.4. The standard InChI is InChI=1S/C15H20N4/c1-10-7-11(2)14(19-9-10)13(17-3)8-12-5-4-6-18-15(12)16/h4-7,9,13,17H,8H2,1-3H3,(H2,16,18). The first-order valence-electron chi connectivity index (χ1n) is 6.41. The molecule has 0 radical (unpaired) electrons. The van der Waals surface area contributed by atoms with Crippen LogP contribution in [-0.4, -0.2) is 17.0 Å². The molecule has 2 rings (SSSR count). The first-order chi connectivity index (χ1) is 9.11. The molecule has 2 aromatic rings. The second-order valence-corrected chi connectivity index (χ2v) is 4.81. The van der Waals surface area contributed by atoms with Gasteiger partial charge in [0.15, 0.2) is 0 Å². The number of pyridine rings is 2. The molecular formula is C15H20N4. The molecule has 100 valence electrons. The van der Waals surface area contributed by atoms with Crippen LogP contribution in [0, 0.1) is 13.8 Å². The summed E-state index contributed by atoms with van der Waals surface area (Å²) in [6.45, 7) is 4.14. The first kappa shape index (κ1) is 13.5. The molecule has 0 aliphatic heterocycles. The predicted molar refractivity (Wildman–Crippen MR) is 77.9 cm³/mol. The molecule has 0 spiro atoms. The Morgan fingerprint density at radius 3 is 2.74 bits per heavy atom. The summed E-state index contributed by atoms with van der Waals surface area (Å²) < 4.78 is 0. The van der Waals surface area contributed by atoms with Crippen molar-refractivity contribution in [2.75, 3.05) is 12.8 Å². The van der Waals surface area contributed by atoms with Crippen LogP contribution >= 0.6 is 0 Å². The summed E-state index contributed by atoms with van der Waals surface area (Å²) in [6.07, 6.45) is 4.40. The van der Waals surface area contributed by atoms with Crippen molar-refractivity contribution in [3.8, 4) is 0 Å². The number of hydrogen-bond acceptors (Lipinski definition) is 4. The number of nitrogens with two attached hydrogens (primary N) is 1. The molecule has 3 N–H and O–H groups in total. The van der Waals surface area contributed by atoms with Gasteiger partial charge in [-0.2, -0.15) is 0 Å². The summed E-state index contributed by atoms with van der Waals surface area (Å²) in [6, 6.07) is 6.22. The van der Waals surface area contributed by atoms with E-state index in [9.17, 15) is 0 Å². The van der Waals surface area contributed by atoms with E-state index in [4.69, 9.17) is 5.73 Å². The minimum absolute atomic E-state index is 0.145. The van der Waals surface area contributed by atoms with Crippen molar-refractivity contribution in [1.29, 1.82) is 0 Å². The zero-order valence-corrected chi connectivity index (χ0v) is 11.6. The smallest absolute Gasteiger partial charge is 0.126 e. The largest absolute Gasteiger partial charge is 0.383 e. The summed E-state index contributed by atoms with van der Waals surface area (Å²) in [7, 11) is 1.94. The van der Waals surface area contributed by atoms with E-state index in [-0.39, 0.29) is 6.04 Å². The van der Waals surface area contributed by atoms with E-state index < -0.39 is 0 Å². The fraction of sp³-hybridized carbons (Fsp3) is 0.333. The Hall–Kier alpha value is -1.94. The lowest BCUT2D eigenvalue weighted by molar-refractivity contribution is 0.572. The number of anilines is 1. The number of likely N-dealkylation sites (N-methyl/N-ethyl adjacent to an activating group) is 1. The van der Waals surface area contributed by atoms with Gasteiger partial charge in [-0.25, -0.2) is 4.98 Å². The quantitative estimate of drug-likeness (QED) is 0.880. The maximum atomic E-state index is 5.90. The van der Waals surface area contributed by atoms with Crippen LogP contribution < -0.4 is 11.1 Å². The van der Waals surface area contributed by atoms with Gasteiger partial charge in [-0.3, -0.25) is 4.98 Å². The van der Waals surface area contributed by atoms with Crippen molar-refractivity contribution in [2.45, 2.75) is 26.3 Å². The van der Waals surface area contributed by atoms with Gasteiger partial charge in [0.2, 0.25) is 0 Å². The van der Waals surface area contributed by atoms with Crippen molar-refractivity contribution < 1.29 is 0 Å². The van der Waals surface area contributed by atoms with Crippen LogP contribution in [0.5, 0.6) is 0 Å². The number of aromatic nitrogens is 2. The van der Waals surface area contributed by atoms with E-state index in [1.807, 2.05) is 25.4 Å². The lowest BCUT2D eigenvalue weighted by Gasteiger charge is -2.18. The fourth-order valence-electron chi connectivity index (χ4n) is 2.27. The van der Waals surface area contributed by atoms with Gasteiger partial charge in [0.25, 0.3) is 0 Å². The number of aryl methyl sites for hydroxylation is 2. The van der Waals surface area contributed by atoms with Crippen LogP contribution in [-0.2, 0) is 6.42 Å². The third-order valence-corrected chi connectivity index (χ3v) is 3.28. The molecular weight excluding hydrogens is 236 g/mol. The first-order valence-corrected chi connectivity index (χ1v) is 6.41. The summed E-state index contributed by atoms with van der Waals surface area (Å²) in [5, 5.41) is 3.31. The average molecular weight is 256 g/mol. The molecule has 0 aliphatic carbocycles. The Morgan fingerprint density at radius 2 is 2.11 bits per heavy atom. The second kappa shape index (κ2) is 5.80. The van der Waals surface area contributed by atoms with Crippen LogP contribution in [0.25, 0.3) is 0 Å². The predicted octanol–water partition coefficient (Wildman–Crippen LogP) is 2.18. The van der Waals surface area contributed by atoms with E-state index in [2.05, 4.69) is 35.2 Å². The third kappa shape index (κ3) is 3.09. The van der Waals surface area contributed by atoms with Gasteiger partial charge in [0.1, 0.15) is 5.82 Å². The molecule has 1 atom stereocenters. The Kier molecular flexibility index (Phi) is 4.12. The molecule has 0 fully saturated rings. The van der Waals surface area contributed by atoms with Gasteiger partial charge in [-0.15, -0.1) is 0 Å². The zero-order valence-electron chi connectivity index (χ0n) is 11.6. The van der Waals surface area contributed by atoms with Gasteiger partial charge in [0.05, 0.1) is 11.7 Å². The summed E-state index contributed by atoms with van der Waals surface area (Å²) >= 11 is 0. The maximum absolute atomic E-state index is 5.90. The van der Waals surface area contributed by atoms with E-state index in [0.29, 0.717) is 5.82 Å². The van der Waals surface area contributed by atoms with Gasteiger partial charge in [-0.05, 0) is 50.1 Å². The lowest BCUT2D eigenvalue weighted by atomic mass is 10.00. The molecule has 2 heterocycles. The zero-order chi connectivity index (χ0) is 13.8. The topological polar surface area (TPSA) is 63.8 Å². The SMILES string of the molecule is CNC(Cc1cccnc1N)c1ncc(C)cc1C. The highest BCUT2D eigenvalue weighted by molar-refractivity contribution is 5.40. The Balaban J connectivity index is 2.28. The third-order valence-electron chi connectivity index (χ3n) is 3.28. The van der Waals surface area contributed by atoms with Crippen molar-refractivity contribution in [2.24, 2.45) is 0 Å². The normalized spacial score (nSPS) is 12.4. The number of rotatable bonds is 4. The Labute approximate surface area is 114 Å². The number of nitrogens with zero attached hydrogens (tertiary/aromatic N) is 2. The molecule has 4 heteroatoms. The minimum atomic E-state index is 0.145. The summed E-state index contributed by atoms with van der Waals surface area (Å²) in [5.74, 6) is 0.590. The molecule has 0 bridgehead atoms. The monoisotopic (exact) mass is 256 g/mol. The fourth-order valence-corrected chi connectivity index (χ4v) is 2.27. The molecule has 0 aromatic carbocycles. The number of nitrogens with one attached hydrogen (secondary N) is 1. The van der Waals surface area contributed by atoms with Crippen LogP contribution in [0.1, 0.15) is 28.4 Å². The van der Waals surface area contributed by atoms with E-state index >= 15 is 0 Å². The Bertz CT molecular complexity index is 566. The molecule has 0 amide bonds. The minimum Gasteiger partial charge on any atom is -0.383 e. The van der Waals surface area contributed by atoms with E-state index in [1.54, 1.807) is 6.20 Å².